The molecule has 0 fully saturated rings. The molecule has 0 saturated carbocycles. The van der Waals surface area contributed by atoms with Crippen molar-refractivity contribution in [1.29, 1.82) is 0 Å². The van der Waals surface area contributed by atoms with Gasteiger partial charge in [0.2, 0.25) is 22.8 Å². The monoisotopic (exact) mass is 1530 g/mol. The molecule has 0 aliphatic heterocycles. The minimum atomic E-state index is -0.217. The molecule has 116 heavy (non-hydrogen) atoms. The first kappa shape index (κ1) is 75.6. The van der Waals surface area contributed by atoms with Gasteiger partial charge in [-0.25, -0.2) is 8.96 Å². The maximum atomic E-state index is 14.9. The molecule has 0 unspecified atom stereocenters. The zero-order chi connectivity index (χ0) is 87.0. The van der Waals surface area contributed by atoms with Crippen LogP contribution < -0.4 is 18.3 Å². The van der Waals surface area contributed by atoms with E-state index in [9.17, 15) is 4.39 Å². The fourth-order valence-electron chi connectivity index (χ4n) is 16.3. The predicted molar refractivity (Wildman–Crippen MR) is 492 cm³/mol. The molecule has 0 saturated heterocycles. The first-order chi connectivity index (χ1) is 57.7. The molecule has 0 amide bonds. The van der Waals surface area contributed by atoms with Gasteiger partial charge in [-0.3, -0.25) is 0 Å². The summed E-state index contributed by atoms with van der Waals surface area (Å²) in [6.45, 7) is 38.7. The van der Waals surface area contributed by atoms with Crippen molar-refractivity contribution in [3.8, 4) is 89.5 Å². The lowest BCUT2D eigenvalue weighted by Gasteiger charge is -2.17. The highest BCUT2D eigenvalue weighted by Gasteiger charge is 2.28. The topological polar surface area (TPSA) is 15.5 Å². The smallest absolute Gasteiger partial charge is 0.206 e. The Kier molecular flexibility index (Phi) is 22.9. The molecule has 5 heteroatoms. The van der Waals surface area contributed by atoms with Gasteiger partial charge in [0.25, 0.3) is 0 Å². The van der Waals surface area contributed by atoms with Crippen LogP contribution in [0.5, 0.6) is 0 Å². The Hall–Kier alpha value is -11.8. The Morgan fingerprint density at radius 1 is 0.276 bits per heavy atom. The third kappa shape index (κ3) is 17.3. The maximum Gasteiger partial charge on any atom is 0.220 e. The van der Waals surface area contributed by atoms with E-state index in [1.54, 1.807) is 6.07 Å². The van der Waals surface area contributed by atoms with Crippen LogP contribution in [0.3, 0.4) is 0 Å². The zero-order valence-electron chi connectivity index (χ0n) is 77.2. The molecule has 4 aromatic heterocycles. The summed E-state index contributed by atoms with van der Waals surface area (Å²) in [5.41, 5.74) is 32.8. The van der Waals surface area contributed by atoms with E-state index in [2.05, 4.69) is 326 Å². The largest absolute Gasteiger partial charge is 0.220 e. The van der Waals surface area contributed by atoms with Gasteiger partial charge in [0.05, 0.1) is 43.7 Å². The minimum Gasteiger partial charge on any atom is -0.206 e. The van der Waals surface area contributed by atoms with Gasteiger partial charge in [-0.15, -0.1) is 0 Å². The summed E-state index contributed by atoms with van der Waals surface area (Å²) in [6, 6.07) is 88.7. The summed E-state index contributed by atoms with van der Waals surface area (Å²) >= 11 is 0. The Balaban J connectivity index is 0.000000139. The van der Waals surface area contributed by atoms with Crippen LogP contribution in [0.2, 0.25) is 0 Å². The molecule has 0 spiro atoms. The number of halogens is 1. The summed E-state index contributed by atoms with van der Waals surface area (Å²) < 4.78 is 66.7. The van der Waals surface area contributed by atoms with Crippen molar-refractivity contribution in [3.63, 3.8) is 0 Å². The van der Waals surface area contributed by atoms with E-state index >= 15 is 0 Å². The van der Waals surface area contributed by atoms with Gasteiger partial charge in [-0.05, 0) is 235 Å². The number of aromatic nitrogens is 4. The second kappa shape index (κ2) is 35.1. The molecule has 0 radical (unpaired) electrons. The first-order valence-corrected chi connectivity index (χ1v) is 41.3. The molecule has 0 atom stereocenters. The third-order valence-electron chi connectivity index (χ3n) is 23.7. The van der Waals surface area contributed by atoms with E-state index in [0.29, 0.717) is 53.3 Å². The van der Waals surface area contributed by atoms with E-state index in [1.165, 1.54) is 106 Å². The fourth-order valence-corrected chi connectivity index (χ4v) is 16.3. The van der Waals surface area contributed by atoms with E-state index < -0.39 is 0 Å². The van der Waals surface area contributed by atoms with Crippen LogP contribution in [0.1, 0.15) is 178 Å². The molecule has 4 heterocycles. The predicted octanol–water partition coefficient (Wildman–Crippen LogP) is 28.2. The van der Waals surface area contributed by atoms with Crippen LogP contribution in [0, 0.1) is 61.2 Å². The quantitative estimate of drug-likeness (QED) is 0.102. The van der Waals surface area contributed by atoms with Crippen LogP contribution in [0.25, 0.3) is 133 Å². The Morgan fingerprint density at radius 3 is 1.04 bits per heavy atom. The number of hydrogen-bond acceptors (Lipinski definition) is 0. The number of nitrogens with zero attached hydrogens (tertiary/aromatic N) is 4. The molecule has 0 aliphatic carbocycles. The lowest BCUT2D eigenvalue weighted by molar-refractivity contribution is -0.665. The fraction of sp³-hybridized carbons (Fsp3) is 0.243. The number of aryl methyl sites for hydroxylation is 3. The molecule has 0 bridgehead atoms. The highest BCUT2D eigenvalue weighted by Crippen LogP contribution is 2.41. The zero-order valence-corrected chi connectivity index (χ0v) is 72.2. The maximum absolute atomic E-state index is 14.9. The SMILES string of the molecule is [2H]c1c(C)[n+](C)c(-c2cc(-c3ccccc3)c(F)cc2C)c2ccc(C(C)C)cc12.[2H]c1c(C)[n+](C)c(-c2cc(-c3ccccc3)cc(C)c2C)c2ccc(C(C)C)cc12.[2H]c1c(C)[n+](C)c(-c2ccc(-c3ccccc3)cc2C)c2ccc(C(C)C)cc12.[2H]c1c([2H])[n+](C)c(-c2cc(-c3ccccc3)cc(C(C)C)c2C)c2ccc(C(C)C)cc12. The minimum absolute atomic E-state index is 0.217. The molecule has 12 aromatic carbocycles. The van der Waals surface area contributed by atoms with Crippen molar-refractivity contribution in [2.24, 2.45) is 28.2 Å². The van der Waals surface area contributed by atoms with Crippen molar-refractivity contribution in [2.45, 2.75) is 154 Å². The molecule has 16 rings (SSSR count). The van der Waals surface area contributed by atoms with Gasteiger partial charge >= 0.3 is 0 Å². The second-order valence-electron chi connectivity index (χ2n) is 33.3. The lowest BCUT2D eigenvalue weighted by Crippen LogP contribution is -2.35. The summed E-state index contributed by atoms with van der Waals surface area (Å²) in [6.07, 6.45) is 0.240. The van der Waals surface area contributed by atoms with E-state index in [-0.39, 0.29) is 18.0 Å². The van der Waals surface area contributed by atoms with Gasteiger partial charge < -0.3 is 0 Å². The Morgan fingerprint density at radius 2 is 0.629 bits per heavy atom. The van der Waals surface area contributed by atoms with Crippen molar-refractivity contribution in [3.05, 3.63) is 358 Å². The van der Waals surface area contributed by atoms with Crippen LogP contribution in [0.15, 0.2) is 279 Å². The first-order valence-electron chi connectivity index (χ1n) is 43.8. The number of rotatable bonds is 13. The van der Waals surface area contributed by atoms with Gasteiger partial charge in [0.15, 0.2) is 23.3 Å². The van der Waals surface area contributed by atoms with E-state index in [1.807, 2.05) is 88.0 Å². The lowest BCUT2D eigenvalue weighted by atomic mass is 9.87. The number of pyridine rings is 4. The summed E-state index contributed by atoms with van der Waals surface area (Å²) in [5, 5.41) is 8.20. The molecule has 0 N–H and O–H groups in total. The molecular weight excluding hydrogens is 1410 g/mol. The van der Waals surface area contributed by atoms with Gasteiger partial charge in [0, 0.05) is 56.1 Å². The number of hydrogen-bond donors (Lipinski definition) is 0. The van der Waals surface area contributed by atoms with Crippen LogP contribution in [0.4, 0.5) is 4.39 Å². The summed E-state index contributed by atoms with van der Waals surface area (Å²) in [7, 11) is 8.06. The number of benzene rings is 12. The third-order valence-corrected chi connectivity index (χ3v) is 23.7. The average Bonchev–Trinajstić information content (AvgIpc) is 0.752. The molecule has 0 aliphatic rings. The average molecular weight is 1530 g/mol. The Labute approximate surface area is 698 Å². The van der Waals surface area contributed by atoms with Gasteiger partial charge in [-0.1, -0.05) is 263 Å². The Bertz CT molecular complexity index is 6630. The van der Waals surface area contributed by atoms with Crippen LogP contribution >= 0.6 is 0 Å². The van der Waals surface area contributed by atoms with Crippen molar-refractivity contribution < 1.29 is 29.5 Å². The van der Waals surface area contributed by atoms with Gasteiger partial charge in [0.1, 0.15) is 35.4 Å². The van der Waals surface area contributed by atoms with Gasteiger partial charge in [-0.2, -0.15) is 13.7 Å². The molecular formula is C111H117FN4+4. The van der Waals surface area contributed by atoms with Crippen LogP contribution in [-0.4, -0.2) is 0 Å². The standard InChI is InChI=1S/C29H32N.C28H30N.C27H27FN.C27H28N/c1-19(2)23-12-13-26-24(16-23)14-15-30(6)29(26)28-18-25(22-10-8-7-9-11-22)17-27(20(3)4)21(28)5;1-18(2)23-12-13-26-25(16-23)15-20(4)29(6)28(26)27-17-24(14-19(3)21(27)5)22-10-8-7-9-11-22;1-17(2)21-11-12-23-22(15-21)14-19(4)29(5)27(23)24-16-25(26(28)13-18(24)3)20-9-7-6-8-10-20;1-18(2)22-11-14-26-24(17-22)16-20(4)28(5)27(26)25-13-12-23(15-19(25)3)21-9-7-6-8-10-21/h7-20H,1-6H3;7-18H,1-6H3;6-17H,1-5H3;6-18H,1-5H3/q4*+1/i14D,15D;15D;14D;16D. The highest BCUT2D eigenvalue weighted by atomic mass is 19.1. The number of fused-ring (bicyclic) bond motifs is 4. The van der Waals surface area contributed by atoms with E-state index in [4.69, 9.17) is 6.85 Å². The molecule has 4 nitrogen and oxygen atoms in total. The highest BCUT2D eigenvalue weighted by molar-refractivity contribution is 5.99. The van der Waals surface area contributed by atoms with Crippen molar-refractivity contribution in [1.82, 2.24) is 0 Å². The molecule has 584 valence electrons. The van der Waals surface area contributed by atoms with Crippen molar-refractivity contribution in [2.75, 3.05) is 0 Å². The normalized spacial score (nSPS) is 12.1. The summed E-state index contributed by atoms with van der Waals surface area (Å²) in [4.78, 5) is 0. The second-order valence-corrected chi connectivity index (χ2v) is 33.3. The summed E-state index contributed by atoms with van der Waals surface area (Å²) in [5.74, 6) is 1.82. The van der Waals surface area contributed by atoms with Crippen LogP contribution in [-0.2, 0) is 28.2 Å². The van der Waals surface area contributed by atoms with E-state index in [0.717, 1.165) is 93.8 Å². The van der Waals surface area contributed by atoms with Crippen molar-refractivity contribution >= 4 is 43.1 Å². The molecule has 16 aromatic rings.